The minimum absolute atomic E-state index is 0.0397. The summed E-state index contributed by atoms with van der Waals surface area (Å²) in [6.45, 7) is 3.15. The van der Waals surface area contributed by atoms with E-state index in [1.165, 1.54) is 23.1 Å². The Labute approximate surface area is 261 Å². The van der Waals surface area contributed by atoms with E-state index in [-0.39, 0.29) is 45.7 Å². The Bertz CT molecular complexity index is 1490. The standard InChI is InChI=1S/C29H31Cl4N3O4S/c1-4-19(2)34-29(38)27(15-20-8-6-5-7-9-20)35(17-21-10-12-23(31)25(33)14-21)28(37)18-36(41(3,39)40)26-16-22(30)11-13-24(26)32/h5-14,16,19,27H,4,15,17-18H2,1-3H3,(H,34,38)/t19-,27-/m0/s1. The molecule has 0 heterocycles. The van der Waals surface area contributed by atoms with Crippen LogP contribution in [-0.4, -0.2) is 50.0 Å². The van der Waals surface area contributed by atoms with E-state index in [1.807, 2.05) is 44.2 Å². The molecule has 0 unspecified atom stereocenters. The Hall–Kier alpha value is -2.49. The van der Waals surface area contributed by atoms with Crippen LogP contribution in [0.4, 0.5) is 5.69 Å². The molecule has 0 aromatic heterocycles. The van der Waals surface area contributed by atoms with Gasteiger partial charge >= 0.3 is 0 Å². The Morgan fingerprint density at radius 2 is 1.54 bits per heavy atom. The molecule has 12 heteroatoms. The van der Waals surface area contributed by atoms with Crippen molar-refractivity contribution in [2.45, 2.75) is 45.3 Å². The molecule has 0 aliphatic rings. The number of hydrogen-bond acceptors (Lipinski definition) is 4. The maximum absolute atomic E-state index is 14.1. The molecule has 3 aromatic carbocycles. The number of benzene rings is 3. The summed E-state index contributed by atoms with van der Waals surface area (Å²) in [5, 5.41) is 3.93. The highest BCUT2D eigenvalue weighted by Crippen LogP contribution is 2.31. The van der Waals surface area contributed by atoms with E-state index in [0.717, 1.165) is 16.1 Å². The summed E-state index contributed by atoms with van der Waals surface area (Å²) in [6, 6.07) is 17.4. The lowest BCUT2D eigenvalue weighted by Crippen LogP contribution is -2.54. The number of nitrogens with one attached hydrogen (secondary N) is 1. The number of anilines is 1. The molecule has 220 valence electrons. The number of hydrogen-bond donors (Lipinski definition) is 1. The molecule has 1 N–H and O–H groups in total. The third-order valence-corrected chi connectivity index (χ3v) is 8.89. The molecule has 0 radical (unpaired) electrons. The Kier molecular flexibility index (Phi) is 11.8. The average Bonchev–Trinajstić information content (AvgIpc) is 2.92. The van der Waals surface area contributed by atoms with Crippen molar-refractivity contribution >= 4 is 73.9 Å². The van der Waals surface area contributed by atoms with E-state index in [9.17, 15) is 18.0 Å². The molecule has 3 rings (SSSR count). The molecule has 0 fully saturated rings. The smallest absolute Gasteiger partial charge is 0.244 e. The minimum atomic E-state index is -4.00. The zero-order valence-electron chi connectivity index (χ0n) is 22.8. The SMILES string of the molecule is CC[C@H](C)NC(=O)[C@H](Cc1ccccc1)N(Cc1ccc(Cl)c(Cl)c1)C(=O)CN(c1cc(Cl)ccc1Cl)S(C)(=O)=O. The normalized spacial score (nSPS) is 12.9. The van der Waals surface area contributed by atoms with Gasteiger partial charge in [-0.15, -0.1) is 0 Å². The number of carbonyl (C=O) groups excluding carboxylic acids is 2. The van der Waals surface area contributed by atoms with Gasteiger partial charge in [-0.2, -0.15) is 0 Å². The van der Waals surface area contributed by atoms with Crippen molar-refractivity contribution in [3.63, 3.8) is 0 Å². The second kappa shape index (κ2) is 14.6. The quantitative estimate of drug-likeness (QED) is 0.237. The lowest BCUT2D eigenvalue weighted by Gasteiger charge is -2.34. The fourth-order valence-corrected chi connectivity index (χ4v) is 5.71. The van der Waals surface area contributed by atoms with Crippen molar-refractivity contribution in [2.75, 3.05) is 17.1 Å². The first-order valence-corrected chi connectivity index (χ1v) is 16.2. The van der Waals surface area contributed by atoms with Gasteiger partial charge in [0.1, 0.15) is 12.6 Å². The van der Waals surface area contributed by atoms with E-state index in [1.54, 1.807) is 18.2 Å². The number of halogens is 4. The molecular weight excluding hydrogens is 628 g/mol. The van der Waals surface area contributed by atoms with Gasteiger partial charge in [-0.05, 0) is 54.8 Å². The van der Waals surface area contributed by atoms with Gasteiger partial charge in [-0.1, -0.05) is 89.7 Å². The van der Waals surface area contributed by atoms with Crippen LogP contribution in [0.15, 0.2) is 66.7 Å². The zero-order valence-corrected chi connectivity index (χ0v) is 26.6. The summed E-state index contributed by atoms with van der Waals surface area (Å²) in [7, 11) is -4.00. The largest absolute Gasteiger partial charge is 0.352 e. The topological polar surface area (TPSA) is 86.8 Å². The van der Waals surface area contributed by atoms with Gasteiger partial charge in [0, 0.05) is 24.0 Å². The van der Waals surface area contributed by atoms with E-state index < -0.39 is 28.5 Å². The van der Waals surface area contributed by atoms with Gasteiger partial charge in [0.05, 0.1) is 27.0 Å². The number of carbonyl (C=O) groups is 2. The molecule has 3 aromatic rings. The summed E-state index contributed by atoms with van der Waals surface area (Å²) >= 11 is 24.9. The Morgan fingerprint density at radius 1 is 0.878 bits per heavy atom. The maximum Gasteiger partial charge on any atom is 0.244 e. The number of nitrogens with zero attached hydrogens (tertiary/aromatic N) is 2. The van der Waals surface area contributed by atoms with Crippen molar-refractivity contribution in [1.29, 1.82) is 0 Å². The molecule has 0 aliphatic carbocycles. The molecule has 41 heavy (non-hydrogen) atoms. The predicted octanol–water partition coefficient (Wildman–Crippen LogP) is 6.62. The van der Waals surface area contributed by atoms with Gasteiger partial charge in [-0.25, -0.2) is 8.42 Å². The first kappa shape index (κ1) is 33.0. The number of rotatable bonds is 12. The number of amides is 2. The van der Waals surface area contributed by atoms with Crippen molar-refractivity contribution in [1.82, 2.24) is 10.2 Å². The van der Waals surface area contributed by atoms with Gasteiger partial charge in [0.15, 0.2) is 0 Å². The highest BCUT2D eigenvalue weighted by molar-refractivity contribution is 7.92. The molecule has 0 spiro atoms. The van der Waals surface area contributed by atoms with Crippen LogP contribution in [-0.2, 0) is 32.6 Å². The Balaban J connectivity index is 2.11. The van der Waals surface area contributed by atoms with Crippen molar-refractivity contribution < 1.29 is 18.0 Å². The molecule has 7 nitrogen and oxygen atoms in total. The third kappa shape index (κ3) is 9.25. The van der Waals surface area contributed by atoms with Crippen LogP contribution in [0.1, 0.15) is 31.4 Å². The van der Waals surface area contributed by atoms with Crippen LogP contribution in [0.5, 0.6) is 0 Å². The molecule has 2 atom stereocenters. The molecule has 0 aliphatic heterocycles. The van der Waals surface area contributed by atoms with Crippen molar-refractivity contribution in [3.05, 3.63) is 97.9 Å². The monoisotopic (exact) mass is 657 g/mol. The lowest BCUT2D eigenvalue weighted by molar-refractivity contribution is -0.140. The third-order valence-electron chi connectivity index (χ3n) is 6.47. The van der Waals surface area contributed by atoms with Gasteiger partial charge in [-0.3, -0.25) is 13.9 Å². The van der Waals surface area contributed by atoms with Crippen LogP contribution in [0.2, 0.25) is 20.1 Å². The first-order valence-electron chi connectivity index (χ1n) is 12.8. The highest BCUT2D eigenvalue weighted by Gasteiger charge is 2.34. The van der Waals surface area contributed by atoms with E-state index in [2.05, 4.69) is 5.32 Å². The van der Waals surface area contributed by atoms with Crippen LogP contribution in [0, 0.1) is 0 Å². The van der Waals surface area contributed by atoms with Crippen molar-refractivity contribution in [2.24, 2.45) is 0 Å². The van der Waals surface area contributed by atoms with Crippen LogP contribution in [0.3, 0.4) is 0 Å². The summed E-state index contributed by atoms with van der Waals surface area (Å²) in [6.07, 6.45) is 1.84. The van der Waals surface area contributed by atoms with E-state index in [4.69, 9.17) is 46.4 Å². The summed E-state index contributed by atoms with van der Waals surface area (Å²) in [5.74, 6) is -0.999. The van der Waals surface area contributed by atoms with E-state index >= 15 is 0 Å². The molecule has 0 saturated carbocycles. The van der Waals surface area contributed by atoms with Crippen LogP contribution < -0.4 is 9.62 Å². The highest BCUT2D eigenvalue weighted by atomic mass is 35.5. The van der Waals surface area contributed by atoms with Gasteiger partial charge in [0.25, 0.3) is 0 Å². The van der Waals surface area contributed by atoms with Gasteiger partial charge < -0.3 is 10.2 Å². The fourth-order valence-electron chi connectivity index (χ4n) is 4.10. The zero-order chi connectivity index (χ0) is 30.3. The minimum Gasteiger partial charge on any atom is -0.352 e. The molecule has 0 bridgehead atoms. The summed E-state index contributed by atoms with van der Waals surface area (Å²) in [5.41, 5.74) is 1.48. The molecule has 0 saturated heterocycles. The predicted molar refractivity (Wildman–Crippen MR) is 167 cm³/mol. The summed E-state index contributed by atoms with van der Waals surface area (Å²) in [4.78, 5) is 29.2. The van der Waals surface area contributed by atoms with E-state index in [0.29, 0.717) is 17.0 Å². The maximum atomic E-state index is 14.1. The Morgan fingerprint density at radius 3 is 2.15 bits per heavy atom. The average molecular weight is 659 g/mol. The summed E-state index contributed by atoms with van der Waals surface area (Å²) < 4.78 is 26.7. The van der Waals surface area contributed by atoms with Crippen LogP contribution >= 0.6 is 46.4 Å². The lowest BCUT2D eigenvalue weighted by atomic mass is 10.0. The second-order valence-corrected chi connectivity index (χ2v) is 13.2. The van der Waals surface area contributed by atoms with Crippen molar-refractivity contribution in [3.8, 4) is 0 Å². The second-order valence-electron chi connectivity index (χ2n) is 9.66. The van der Waals surface area contributed by atoms with Crippen LogP contribution in [0.25, 0.3) is 0 Å². The fraction of sp³-hybridized carbons (Fsp3) is 0.310. The molecule has 2 amide bonds. The van der Waals surface area contributed by atoms with Gasteiger partial charge in [0.2, 0.25) is 21.8 Å². The number of sulfonamides is 1. The first-order chi connectivity index (χ1) is 19.3. The molecular formula is C29H31Cl4N3O4S.